The third kappa shape index (κ3) is 4.78. The molecule has 2 heterocycles. The van der Waals surface area contributed by atoms with Crippen LogP contribution in [0.1, 0.15) is 33.6 Å². The molecular formula is C24H25FN2O3S. The van der Waals surface area contributed by atoms with Gasteiger partial charge in [0.15, 0.2) is 0 Å². The normalized spacial score (nSPS) is 16.5. The molecule has 0 saturated carbocycles. The lowest BCUT2D eigenvalue weighted by atomic mass is 10.0. The molecule has 1 saturated heterocycles. The zero-order valence-electron chi connectivity index (χ0n) is 17.4. The predicted octanol–water partition coefficient (Wildman–Crippen LogP) is 4.15. The lowest BCUT2D eigenvalue weighted by Crippen LogP contribution is -2.50. The van der Waals surface area contributed by atoms with Crippen LogP contribution in [0.15, 0.2) is 48.5 Å². The van der Waals surface area contributed by atoms with Crippen molar-refractivity contribution in [3.63, 3.8) is 0 Å². The van der Waals surface area contributed by atoms with Crippen LogP contribution in [0.3, 0.4) is 0 Å². The summed E-state index contributed by atoms with van der Waals surface area (Å²) in [5, 5.41) is 3.51. The second-order valence-electron chi connectivity index (χ2n) is 7.77. The van der Waals surface area contributed by atoms with Gasteiger partial charge in [0.25, 0.3) is 5.91 Å². The molecule has 31 heavy (non-hydrogen) atoms. The van der Waals surface area contributed by atoms with Crippen molar-refractivity contribution in [1.82, 2.24) is 10.2 Å². The van der Waals surface area contributed by atoms with Crippen molar-refractivity contribution in [2.24, 2.45) is 0 Å². The van der Waals surface area contributed by atoms with Gasteiger partial charge in [0.05, 0.1) is 17.9 Å². The minimum atomic E-state index is -0.352. The van der Waals surface area contributed by atoms with Crippen molar-refractivity contribution in [3.8, 4) is 0 Å². The summed E-state index contributed by atoms with van der Waals surface area (Å²) in [4.78, 5) is 28.1. The number of hydrogen-bond donors (Lipinski definition) is 1. The summed E-state index contributed by atoms with van der Waals surface area (Å²) in [5.74, 6) is -0.528. The lowest BCUT2D eigenvalue weighted by Gasteiger charge is -2.33. The van der Waals surface area contributed by atoms with E-state index in [0.29, 0.717) is 35.3 Å². The molecule has 0 radical (unpaired) electrons. The van der Waals surface area contributed by atoms with E-state index in [-0.39, 0.29) is 30.3 Å². The van der Waals surface area contributed by atoms with E-state index >= 15 is 0 Å². The third-order valence-corrected chi connectivity index (χ3v) is 6.76. The molecule has 1 N–H and O–H groups in total. The van der Waals surface area contributed by atoms with E-state index in [0.717, 1.165) is 23.1 Å². The highest BCUT2D eigenvalue weighted by molar-refractivity contribution is 7.21. The standard InChI is InChI=1S/C24H25FN2O3S/c1-30-15-18-22-19(25)10-5-11-20(22)31-23(18)24(29)26-17-9-6-12-27(14-17)21(28)13-16-7-3-2-4-8-16/h2-5,7-8,10-11,17H,6,9,12-15H2,1H3,(H,26,29)/t17-/m1/s1. The number of piperidine rings is 1. The molecule has 7 heteroatoms. The van der Waals surface area contributed by atoms with Gasteiger partial charge in [0, 0.05) is 41.9 Å². The molecule has 3 aromatic rings. The fourth-order valence-corrected chi connectivity index (χ4v) is 5.21. The summed E-state index contributed by atoms with van der Waals surface area (Å²) < 4.78 is 20.4. The highest BCUT2D eigenvalue weighted by atomic mass is 32.1. The number of methoxy groups -OCH3 is 1. The zero-order valence-corrected chi connectivity index (χ0v) is 18.2. The second kappa shape index (κ2) is 9.58. The van der Waals surface area contributed by atoms with E-state index in [9.17, 15) is 14.0 Å². The van der Waals surface area contributed by atoms with Crippen molar-refractivity contribution in [2.45, 2.75) is 31.9 Å². The number of carbonyl (C=O) groups is 2. The Kier molecular flexibility index (Phi) is 6.63. The average molecular weight is 441 g/mol. The van der Waals surface area contributed by atoms with Crippen LogP contribution in [0.4, 0.5) is 4.39 Å². The van der Waals surface area contributed by atoms with Crippen LogP contribution in [-0.2, 0) is 22.6 Å². The SMILES string of the molecule is COCc1c(C(=O)N[C@@H]2CCCN(C(=O)Cc3ccccc3)C2)sc2cccc(F)c12. The van der Waals surface area contributed by atoms with Gasteiger partial charge in [-0.05, 0) is 30.5 Å². The van der Waals surface area contributed by atoms with Gasteiger partial charge in [-0.2, -0.15) is 0 Å². The first-order valence-corrected chi connectivity index (χ1v) is 11.2. The van der Waals surface area contributed by atoms with Gasteiger partial charge in [-0.3, -0.25) is 9.59 Å². The van der Waals surface area contributed by atoms with E-state index < -0.39 is 0 Å². The minimum absolute atomic E-state index is 0.0640. The van der Waals surface area contributed by atoms with Gasteiger partial charge >= 0.3 is 0 Å². The third-order valence-electron chi connectivity index (χ3n) is 5.57. The summed E-state index contributed by atoms with van der Waals surface area (Å²) in [6, 6.07) is 14.4. The molecule has 0 spiro atoms. The van der Waals surface area contributed by atoms with Crippen LogP contribution in [0.2, 0.25) is 0 Å². The minimum Gasteiger partial charge on any atom is -0.380 e. The Hall–Kier alpha value is -2.77. The molecule has 2 amide bonds. The first-order valence-electron chi connectivity index (χ1n) is 10.4. The van der Waals surface area contributed by atoms with Gasteiger partial charge in [-0.15, -0.1) is 11.3 Å². The zero-order chi connectivity index (χ0) is 21.8. The van der Waals surface area contributed by atoms with E-state index in [1.165, 1.54) is 24.5 Å². The largest absolute Gasteiger partial charge is 0.380 e. The van der Waals surface area contributed by atoms with E-state index in [2.05, 4.69) is 5.32 Å². The molecule has 0 unspecified atom stereocenters. The monoisotopic (exact) mass is 440 g/mol. The van der Waals surface area contributed by atoms with Crippen LogP contribution in [0.25, 0.3) is 10.1 Å². The summed E-state index contributed by atoms with van der Waals surface area (Å²) >= 11 is 1.27. The number of fused-ring (bicyclic) bond motifs is 1. The molecule has 0 aliphatic carbocycles. The van der Waals surface area contributed by atoms with Gasteiger partial charge in [0.2, 0.25) is 5.91 Å². The van der Waals surface area contributed by atoms with E-state index in [1.807, 2.05) is 41.3 Å². The molecule has 162 valence electrons. The van der Waals surface area contributed by atoms with Crippen molar-refractivity contribution in [2.75, 3.05) is 20.2 Å². The number of amides is 2. The first-order chi connectivity index (χ1) is 15.1. The molecule has 1 aromatic heterocycles. The van der Waals surface area contributed by atoms with Crippen LogP contribution >= 0.6 is 11.3 Å². The maximum absolute atomic E-state index is 14.4. The van der Waals surface area contributed by atoms with Crippen molar-refractivity contribution < 1.29 is 18.7 Å². The number of rotatable bonds is 6. The maximum atomic E-state index is 14.4. The molecule has 1 atom stereocenters. The summed E-state index contributed by atoms with van der Waals surface area (Å²) in [6.45, 7) is 1.34. The van der Waals surface area contributed by atoms with Gasteiger partial charge in [0.1, 0.15) is 5.82 Å². The Morgan fingerprint density at radius 1 is 1.19 bits per heavy atom. The number of hydrogen-bond acceptors (Lipinski definition) is 4. The lowest BCUT2D eigenvalue weighted by molar-refractivity contribution is -0.131. The van der Waals surface area contributed by atoms with Crippen LogP contribution in [-0.4, -0.2) is 43.0 Å². The van der Waals surface area contributed by atoms with Crippen molar-refractivity contribution >= 4 is 33.2 Å². The number of nitrogens with one attached hydrogen (secondary N) is 1. The van der Waals surface area contributed by atoms with Gasteiger partial charge in [-0.25, -0.2) is 4.39 Å². The smallest absolute Gasteiger partial charge is 0.262 e. The van der Waals surface area contributed by atoms with Gasteiger partial charge < -0.3 is 15.0 Å². The number of ether oxygens (including phenoxy) is 1. The highest BCUT2D eigenvalue weighted by Gasteiger charge is 2.27. The van der Waals surface area contributed by atoms with Crippen LogP contribution in [0, 0.1) is 5.82 Å². The molecule has 2 aromatic carbocycles. The average Bonchev–Trinajstić information content (AvgIpc) is 3.15. The molecule has 1 aliphatic rings. The summed E-state index contributed by atoms with van der Waals surface area (Å²) in [5.41, 5.74) is 1.56. The summed E-state index contributed by atoms with van der Waals surface area (Å²) in [6.07, 6.45) is 1.99. The number of benzene rings is 2. The molecule has 5 nitrogen and oxygen atoms in total. The molecule has 0 bridgehead atoms. The maximum Gasteiger partial charge on any atom is 0.262 e. The Morgan fingerprint density at radius 3 is 2.77 bits per heavy atom. The number of likely N-dealkylation sites (tertiary alicyclic amines) is 1. The predicted molar refractivity (Wildman–Crippen MR) is 120 cm³/mol. The topological polar surface area (TPSA) is 58.6 Å². The summed E-state index contributed by atoms with van der Waals surface area (Å²) in [7, 11) is 1.53. The van der Waals surface area contributed by atoms with Crippen molar-refractivity contribution in [1.29, 1.82) is 0 Å². The van der Waals surface area contributed by atoms with E-state index in [4.69, 9.17) is 4.74 Å². The van der Waals surface area contributed by atoms with Crippen molar-refractivity contribution in [3.05, 3.63) is 70.4 Å². The number of thiophene rings is 1. The van der Waals surface area contributed by atoms with Gasteiger partial charge in [-0.1, -0.05) is 36.4 Å². The Balaban J connectivity index is 1.46. The molecular weight excluding hydrogens is 415 g/mol. The number of carbonyl (C=O) groups excluding carboxylic acids is 2. The molecule has 1 aliphatic heterocycles. The fourth-order valence-electron chi connectivity index (χ4n) is 4.09. The Labute approximate surface area is 184 Å². The highest BCUT2D eigenvalue weighted by Crippen LogP contribution is 2.34. The van der Waals surface area contributed by atoms with Crippen LogP contribution in [0.5, 0.6) is 0 Å². The quantitative estimate of drug-likeness (QED) is 0.627. The molecule has 4 rings (SSSR count). The van der Waals surface area contributed by atoms with E-state index in [1.54, 1.807) is 6.07 Å². The number of halogens is 1. The fraction of sp³-hybridized carbons (Fsp3) is 0.333. The number of nitrogens with zero attached hydrogens (tertiary/aromatic N) is 1. The van der Waals surface area contributed by atoms with Crippen LogP contribution < -0.4 is 5.32 Å². The molecule has 1 fully saturated rings. The second-order valence-corrected chi connectivity index (χ2v) is 8.82. The Bertz CT molecular complexity index is 1080. The first kappa shape index (κ1) is 21.5. The Morgan fingerprint density at radius 2 is 2.00 bits per heavy atom.